The first-order chi connectivity index (χ1) is 9.65. The first-order valence-corrected chi connectivity index (χ1v) is 6.29. The normalized spacial score (nSPS) is 13.6. The molecule has 0 aliphatic rings. The number of aliphatic hydroxyl groups excluding tert-OH is 2. The lowest BCUT2D eigenvalue weighted by atomic mass is 9.98. The van der Waals surface area contributed by atoms with E-state index in [0.29, 0.717) is 22.6 Å². The van der Waals surface area contributed by atoms with Crippen molar-refractivity contribution in [2.75, 3.05) is 14.2 Å². The number of ether oxygens (including phenoxy) is 2. The van der Waals surface area contributed by atoms with Gasteiger partial charge in [0, 0.05) is 0 Å². The van der Waals surface area contributed by atoms with Crippen molar-refractivity contribution in [2.45, 2.75) is 12.2 Å². The lowest BCUT2D eigenvalue weighted by Crippen LogP contribution is -2.10. The Hall–Kier alpha value is -2.04. The summed E-state index contributed by atoms with van der Waals surface area (Å²) < 4.78 is 10.1. The predicted octanol–water partition coefficient (Wildman–Crippen LogP) is 2.47. The van der Waals surface area contributed by atoms with Crippen molar-refractivity contribution >= 4 is 0 Å². The van der Waals surface area contributed by atoms with Gasteiger partial charge < -0.3 is 19.7 Å². The van der Waals surface area contributed by atoms with E-state index in [9.17, 15) is 10.2 Å². The summed E-state index contributed by atoms with van der Waals surface area (Å²) in [5.41, 5.74) is 1.27. The molecule has 0 aliphatic heterocycles. The van der Waals surface area contributed by atoms with Gasteiger partial charge in [-0.25, -0.2) is 0 Å². The van der Waals surface area contributed by atoms with Crippen LogP contribution in [0, 0.1) is 0 Å². The molecule has 0 saturated heterocycles. The summed E-state index contributed by atoms with van der Waals surface area (Å²) in [6.45, 7) is 0. The Balaban J connectivity index is 2.15. The van der Waals surface area contributed by atoms with Crippen LogP contribution in [0.2, 0.25) is 0 Å². The molecule has 0 amide bonds. The van der Waals surface area contributed by atoms with Crippen LogP contribution in [0.15, 0.2) is 48.5 Å². The maximum absolute atomic E-state index is 10.2. The molecule has 2 aromatic carbocycles. The van der Waals surface area contributed by atoms with Gasteiger partial charge in [0.2, 0.25) is 0 Å². The monoisotopic (exact) mass is 274 g/mol. The van der Waals surface area contributed by atoms with Gasteiger partial charge in [-0.2, -0.15) is 0 Å². The van der Waals surface area contributed by atoms with Gasteiger partial charge in [-0.15, -0.1) is 0 Å². The molecule has 0 heterocycles. The Bertz CT molecular complexity index is 482. The van der Waals surface area contributed by atoms with Crippen LogP contribution < -0.4 is 9.47 Å². The van der Waals surface area contributed by atoms with Gasteiger partial charge in [0.25, 0.3) is 0 Å². The van der Waals surface area contributed by atoms with E-state index in [2.05, 4.69) is 0 Å². The molecule has 0 unspecified atom stereocenters. The molecule has 0 radical (unpaired) electrons. The summed E-state index contributed by atoms with van der Waals surface area (Å²) >= 11 is 0. The number of rotatable bonds is 5. The van der Waals surface area contributed by atoms with Crippen LogP contribution >= 0.6 is 0 Å². The van der Waals surface area contributed by atoms with Crippen molar-refractivity contribution in [3.63, 3.8) is 0 Å². The van der Waals surface area contributed by atoms with Gasteiger partial charge in [0.1, 0.15) is 23.7 Å². The third-order valence-electron chi connectivity index (χ3n) is 3.21. The number of aliphatic hydroxyl groups is 2. The van der Waals surface area contributed by atoms with E-state index in [1.807, 2.05) is 0 Å². The van der Waals surface area contributed by atoms with Crippen LogP contribution in [0.25, 0.3) is 0 Å². The second-order valence-electron chi connectivity index (χ2n) is 4.44. The summed E-state index contributed by atoms with van der Waals surface area (Å²) in [7, 11) is 3.16. The summed E-state index contributed by atoms with van der Waals surface area (Å²) in [4.78, 5) is 0. The van der Waals surface area contributed by atoms with E-state index in [1.54, 1.807) is 62.8 Å². The fraction of sp³-hybridized carbons (Fsp3) is 0.250. The largest absolute Gasteiger partial charge is 0.497 e. The summed E-state index contributed by atoms with van der Waals surface area (Å²) in [5.74, 6) is 1.42. The molecular weight excluding hydrogens is 256 g/mol. The second kappa shape index (κ2) is 6.41. The fourth-order valence-electron chi connectivity index (χ4n) is 1.97. The Morgan fingerprint density at radius 2 is 0.950 bits per heavy atom. The highest BCUT2D eigenvalue weighted by Gasteiger charge is 2.20. The number of hydrogen-bond acceptors (Lipinski definition) is 4. The molecular formula is C16H18O4. The van der Waals surface area contributed by atoms with Gasteiger partial charge in [-0.3, -0.25) is 0 Å². The zero-order valence-electron chi connectivity index (χ0n) is 11.5. The SMILES string of the molecule is COc1ccc([C@@H](O)[C@@H](O)c2ccc(OC)cc2)cc1. The average molecular weight is 274 g/mol. The van der Waals surface area contributed by atoms with Crippen LogP contribution in [0.1, 0.15) is 23.3 Å². The topological polar surface area (TPSA) is 58.9 Å². The van der Waals surface area contributed by atoms with Crippen molar-refractivity contribution in [3.8, 4) is 11.5 Å². The van der Waals surface area contributed by atoms with E-state index < -0.39 is 12.2 Å². The Kier molecular flexibility index (Phi) is 4.61. The highest BCUT2D eigenvalue weighted by Crippen LogP contribution is 2.30. The van der Waals surface area contributed by atoms with E-state index in [1.165, 1.54) is 0 Å². The standard InChI is InChI=1S/C16H18O4/c1-19-13-7-3-11(4-8-13)15(17)16(18)12-5-9-14(20-2)10-6-12/h3-10,15-18H,1-2H3/t15-,16+. The maximum Gasteiger partial charge on any atom is 0.118 e. The first kappa shape index (κ1) is 14.4. The van der Waals surface area contributed by atoms with E-state index in [4.69, 9.17) is 9.47 Å². The number of hydrogen-bond donors (Lipinski definition) is 2. The van der Waals surface area contributed by atoms with E-state index in [0.717, 1.165) is 0 Å². The molecule has 106 valence electrons. The predicted molar refractivity (Wildman–Crippen MR) is 75.9 cm³/mol. The lowest BCUT2D eigenvalue weighted by molar-refractivity contribution is 0.0172. The van der Waals surface area contributed by atoms with Gasteiger partial charge in [-0.1, -0.05) is 24.3 Å². The van der Waals surface area contributed by atoms with Crippen LogP contribution in [-0.4, -0.2) is 24.4 Å². The summed E-state index contributed by atoms with van der Waals surface area (Å²) in [5, 5.41) is 20.4. The Morgan fingerprint density at radius 3 is 1.20 bits per heavy atom. The van der Waals surface area contributed by atoms with Crippen molar-refractivity contribution in [1.29, 1.82) is 0 Å². The molecule has 0 fully saturated rings. The molecule has 0 spiro atoms. The molecule has 2 rings (SSSR count). The molecule has 0 aromatic heterocycles. The fourth-order valence-corrected chi connectivity index (χ4v) is 1.97. The number of methoxy groups -OCH3 is 2. The summed E-state index contributed by atoms with van der Waals surface area (Å²) in [6, 6.07) is 13.9. The van der Waals surface area contributed by atoms with E-state index in [-0.39, 0.29) is 0 Å². The lowest BCUT2D eigenvalue weighted by Gasteiger charge is -2.19. The minimum Gasteiger partial charge on any atom is -0.497 e. The molecule has 2 aromatic rings. The maximum atomic E-state index is 10.2. The quantitative estimate of drug-likeness (QED) is 0.879. The first-order valence-electron chi connectivity index (χ1n) is 6.29. The summed E-state index contributed by atoms with van der Waals surface area (Å²) in [6.07, 6.45) is -1.98. The molecule has 0 saturated carbocycles. The van der Waals surface area contributed by atoms with Crippen LogP contribution in [0.4, 0.5) is 0 Å². The Labute approximate surface area is 118 Å². The van der Waals surface area contributed by atoms with Crippen LogP contribution in [-0.2, 0) is 0 Å². The molecule has 4 nitrogen and oxygen atoms in total. The minimum atomic E-state index is -0.991. The van der Waals surface area contributed by atoms with Crippen molar-refractivity contribution in [1.82, 2.24) is 0 Å². The van der Waals surface area contributed by atoms with Gasteiger partial charge in [-0.05, 0) is 35.4 Å². The molecule has 2 atom stereocenters. The zero-order valence-corrected chi connectivity index (χ0v) is 11.5. The van der Waals surface area contributed by atoms with Crippen molar-refractivity contribution < 1.29 is 19.7 Å². The highest BCUT2D eigenvalue weighted by atomic mass is 16.5. The smallest absolute Gasteiger partial charge is 0.118 e. The van der Waals surface area contributed by atoms with E-state index >= 15 is 0 Å². The molecule has 20 heavy (non-hydrogen) atoms. The van der Waals surface area contributed by atoms with Crippen molar-refractivity contribution in [3.05, 3.63) is 59.7 Å². The average Bonchev–Trinajstić information content (AvgIpc) is 2.53. The Morgan fingerprint density at radius 1 is 0.650 bits per heavy atom. The third-order valence-corrected chi connectivity index (χ3v) is 3.21. The highest BCUT2D eigenvalue weighted by molar-refractivity contribution is 5.32. The minimum absolute atomic E-state index is 0.633. The third kappa shape index (κ3) is 3.10. The molecule has 0 bridgehead atoms. The molecule has 0 aliphatic carbocycles. The van der Waals surface area contributed by atoms with Gasteiger partial charge >= 0.3 is 0 Å². The van der Waals surface area contributed by atoms with Crippen LogP contribution in [0.3, 0.4) is 0 Å². The van der Waals surface area contributed by atoms with Crippen LogP contribution in [0.5, 0.6) is 11.5 Å². The van der Waals surface area contributed by atoms with Crippen molar-refractivity contribution in [2.24, 2.45) is 0 Å². The van der Waals surface area contributed by atoms with Gasteiger partial charge in [0.05, 0.1) is 14.2 Å². The number of benzene rings is 2. The van der Waals surface area contributed by atoms with Gasteiger partial charge in [0.15, 0.2) is 0 Å². The molecule has 2 N–H and O–H groups in total. The molecule has 4 heteroatoms. The zero-order chi connectivity index (χ0) is 14.5. The second-order valence-corrected chi connectivity index (χ2v) is 4.44.